The van der Waals surface area contributed by atoms with Crippen LogP contribution in [0.2, 0.25) is 0 Å². The van der Waals surface area contributed by atoms with Gasteiger partial charge in [-0.1, -0.05) is 73.1 Å². The minimum absolute atomic E-state index is 0.688. The monoisotopic (exact) mass is 417 g/mol. The van der Waals surface area contributed by atoms with Crippen molar-refractivity contribution >= 4 is 0 Å². The third-order valence-corrected chi connectivity index (χ3v) is 10.9. The lowest BCUT2D eigenvalue weighted by molar-refractivity contribution is -0.114. The fourth-order valence-electron chi connectivity index (χ4n) is 9.32. The molecule has 0 aromatic carbocycles. The Morgan fingerprint density at radius 2 is 1.57 bits per heavy atom. The van der Waals surface area contributed by atoms with Crippen molar-refractivity contribution in [2.45, 2.75) is 131 Å². The van der Waals surface area contributed by atoms with Crippen LogP contribution in [0.1, 0.15) is 131 Å². The maximum atomic E-state index is 5.21. The largest absolute Gasteiger partial charge is 0.330 e. The Labute approximate surface area is 189 Å². The molecule has 176 valence electrons. The van der Waals surface area contributed by atoms with E-state index in [4.69, 9.17) is 5.73 Å². The molecule has 1 nitrogen and oxygen atoms in total. The molecule has 0 aromatic heterocycles. The summed E-state index contributed by atoms with van der Waals surface area (Å²) in [7, 11) is 0. The lowest BCUT2D eigenvalue weighted by Gasteiger charge is -2.61. The fraction of sp³-hybridized carbons (Fsp3) is 1.00. The van der Waals surface area contributed by atoms with Gasteiger partial charge in [0, 0.05) is 0 Å². The van der Waals surface area contributed by atoms with E-state index in [0.717, 1.165) is 47.5 Å². The van der Waals surface area contributed by atoms with E-state index in [2.05, 4.69) is 34.6 Å². The van der Waals surface area contributed by atoms with E-state index < -0.39 is 0 Å². The average Bonchev–Trinajstić information content (AvgIpc) is 3.10. The predicted molar refractivity (Wildman–Crippen MR) is 132 cm³/mol. The predicted octanol–water partition coefficient (Wildman–Crippen LogP) is 8.61. The van der Waals surface area contributed by atoms with Crippen LogP contribution < -0.4 is 5.73 Å². The van der Waals surface area contributed by atoms with Gasteiger partial charge in [-0.3, -0.25) is 0 Å². The maximum absolute atomic E-state index is 5.21. The van der Waals surface area contributed by atoms with Gasteiger partial charge in [0.2, 0.25) is 0 Å². The lowest BCUT2D eigenvalue weighted by Crippen LogP contribution is -2.53. The molecule has 0 bridgehead atoms. The van der Waals surface area contributed by atoms with E-state index in [0.29, 0.717) is 5.41 Å². The molecule has 0 aromatic rings. The van der Waals surface area contributed by atoms with Gasteiger partial charge >= 0.3 is 0 Å². The van der Waals surface area contributed by atoms with Crippen molar-refractivity contribution in [3.63, 3.8) is 0 Å². The first-order valence-electron chi connectivity index (χ1n) is 14.1. The van der Waals surface area contributed by atoms with Crippen LogP contribution in [0.3, 0.4) is 0 Å². The summed E-state index contributed by atoms with van der Waals surface area (Å²) in [5.41, 5.74) is 6.62. The molecule has 4 aliphatic carbocycles. The number of nitrogens with two attached hydrogens (primary N) is 1. The van der Waals surface area contributed by atoms with Crippen molar-refractivity contribution in [1.82, 2.24) is 0 Å². The van der Waals surface area contributed by atoms with Crippen LogP contribution in [0.4, 0.5) is 0 Å². The zero-order valence-corrected chi connectivity index (χ0v) is 21.4. The van der Waals surface area contributed by atoms with E-state index in [9.17, 15) is 0 Å². The highest BCUT2D eigenvalue weighted by atomic mass is 14.6. The quantitative estimate of drug-likeness (QED) is 0.430. The summed E-state index contributed by atoms with van der Waals surface area (Å²) in [6, 6.07) is 0. The van der Waals surface area contributed by atoms with Gasteiger partial charge in [-0.25, -0.2) is 0 Å². The molecule has 4 fully saturated rings. The van der Waals surface area contributed by atoms with Crippen LogP contribution in [-0.4, -0.2) is 6.54 Å². The molecular formula is C29H55N. The fourth-order valence-corrected chi connectivity index (χ4v) is 9.32. The Kier molecular flexibility index (Phi) is 8.79. The molecule has 0 aliphatic heterocycles. The molecule has 0 saturated heterocycles. The first-order valence-corrected chi connectivity index (χ1v) is 14.1. The Balaban J connectivity index is 0.000000377. The number of fused-ring (bicyclic) bond motifs is 5. The van der Waals surface area contributed by atoms with E-state index in [1.807, 2.05) is 0 Å². The van der Waals surface area contributed by atoms with Gasteiger partial charge in [-0.15, -0.1) is 0 Å². The second-order valence-electron chi connectivity index (χ2n) is 12.4. The smallest absolute Gasteiger partial charge is 0.00773 e. The normalized spacial score (nSPS) is 43.6. The van der Waals surface area contributed by atoms with Crippen molar-refractivity contribution in [3.05, 3.63) is 0 Å². The number of hydrogen-bond acceptors (Lipinski definition) is 1. The van der Waals surface area contributed by atoms with Crippen LogP contribution >= 0.6 is 0 Å². The Morgan fingerprint density at radius 1 is 0.800 bits per heavy atom. The summed E-state index contributed by atoms with van der Waals surface area (Å²) < 4.78 is 0. The zero-order chi connectivity index (χ0) is 21.8. The Bertz CT molecular complexity index is 510. The zero-order valence-electron chi connectivity index (χ0n) is 21.4. The molecule has 4 saturated carbocycles. The summed E-state index contributed by atoms with van der Waals surface area (Å²) in [6.45, 7) is 13.4. The Morgan fingerprint density at radius 3 is 2.23 bits per heavy atom. The standard InChI is InChI=1S/C24H42.C5H13N/c1-5-8-17(2)20-12-13-21-19-11-10-18-9-6-7-15-23(18,3)22(19)14-16-24(20,21)4;1-2-3-4-5-6/h17-22H,5-16H2,1-4H3;2-6H2,1H3/t17?,18?,19-,20+,21-,22-,23-,24+;/m0./s1. The van der Waals surface area contributed by atoms with Crippen molar-refractivity contribution in [2.24, 2.45) is 52.1 Å². The maximum Gasteiger partial charge on any atom is -0.00773 e. The minimum Gasteiger partial charge on any atom is -0.330 e. The van der Waals surface area contributed by atoms with Gasteiger partial charge in [0.15, 0.2) is 0 Å². The van der Waals surface area contributed by atoms with Gasteiger partial charge in [0.25, 0.3) is 0 Å². The molecule has 1 heteroatoms. The van der Waals surface area contributed by atoms with E-state index >= 15 is 0 Å². The molecule has 30 heavy (non-hydrogen) atoms. The molecule has 2 unspecified atom stereocenters. The third-order valence-electron chi connectivity index (χ3n) is 10.9. The summed E-state index contributed by atoms with van der Waals surface area (Å²) >= 11 is 0. The Hall–Kier alpha value is -0.0400. The molecule has 4 aliphatic rings. The molecule has 0 radical (unpaired) electrons. The summed E-state index contributed by atoms with van der Waals surface area (Å²) in [5.74, 6) is 6.30. The van der Waals surface area contributed by atoms with Gasteiger partial charge in [-0.05, 0) is 111 Å². The minimum atomic E-state index is 0.688. The van der Waals surface area contributed by atoms with Gasteiger partial charge in [-0.2, -0.15) is 0 Å². The van der Waals surface area contributed by atoms with Crippen molar-refractivity contribution < 1.29 is 0 Å². The molecule has 8 atom stereocenters. The van der Waals surface area contributed by atoms with Crippen molar-refractivity contribution in [3.8, 4) is 0 Å². The summed E-state index contributed by atoms with van der Waals surface area (Å²) in [4.78, 5) is 0. The summed E-state index contributed by atoms with van der Waals surface area (Å²) in [5, 5.41) is 0. The van der Waals surface area contributed by atoms with Gasteiger partial charge in [0.1, 0.15) is 0 Å². The van der Waals surface area contributed by atoms with E-state index in [-0.39, 0.29) is 0 Å². The number of hydrogen-bond donors (Lipinski definition) is 1. The highest BCUT2D eigenvalue weighted by molar-refractivity contribution is 5.09. The first kappa shape index (κ1) is 24.6. The molecular weight excluding hydrogens is 362 g/mol. The SMILES string of the molecule is CCCC(C)[C@H]1CC[C@H]2[C@@H]3CCC4CCCC[C@]4(C)[C@H]3CC[C@]12C.CCCCCN. The molecule has 2 N–H and O–H groups in total. The van der Waals surface area contributed by atoms with Crippen LogP contribution in [-0.2, 0) is 0 Å². The first-order chi connectivity index (χ1) is 14.4. The molecule has 0 amide bonds. The number of unbranched alkanes of at least 4 members (excludes halogenated alkanes) is 2. The van der Waals surface area contributed by atoms with Crippen LogP contribution in [0, 0.1) is 46.3 Å². The molecule has 0 spiro atoms. The highest BCUT2D eigenvalue weighted by Gasteiger charge is 2.59. The van der Waals surface area contributed by atoms with Crippen molar-refractivity contribution in [1.29, 1.82) is 0 Å². The third kappa shape index (κ3) is 4.67. The number of rotatable bonds is 6. The van der Waals surface area contributed by atoms with Crippen LogP contribution in [0.5, 0.6) is 0 Å². The van der Waals surface area contributed by atoms with Gasteiger partial charge in [0.05, 0.1) is 0 Å². The summed E-state index contributed by atoms with van der Waals surface area (Å²) in [6.07, 6.45) is 22.1. The van der Waals surface area contributed by atoms with E-state index in [1.165, 1.54) is 44.9 Å². The second kappa shape index (κ2) is 10.7. The average molecular weight is 418 g/mol. The van der Waals surface area contributed by atoms with Crippen molar-refractivity contribution in [2.75, 3.05) is 6.54 Å². The highest BCUT2D eigenvalue weighted by Crippen LogP contribution is 2.68. The topological polar surface area (TPSA) is 26.0 Å². The van der Waals surface area contributed by atoms with E-state index in [1.54, 1.807) is 51.4 Å². The molecule has 4 rings (SSSR count). The van der Waals surface area contributed by atoms with Crippen LogP contribution in [0.15, 0.2) is 0 Å². The lowest BCUT2D eigenvalue weighted by atomic mass is 9.44. The second-order valence-corrected chi connectivity index (χ2v) is 12.4. The van der Waals surface area contributed by atoms with Crippen LogP contribution in [0.25, 0.3) is 0 Å². The molecule has 0 heterocycles. The van der Waals surface area contributed by atoms with Gasteiger partial charge < -0.3 is 5.73 Å².